The molecule has 2 aliphatic rings. The standard InChI is InChI=1S/C16H24N2O/c1-13(18-7-2-3-8-18)11-17-12-14-4-5-16-15(10-14)6-9-19-16/h4-5,10,13,17H,2-3,6-9,11-12H2,1H3. The van der Waals surface area contributed by atoms with Gasteiger partial charge in [0.15, 0.2) is 0 Å². The lowest BCUT2D eigenvalue weighted by atomic mass is 10.1. The molecule has 0 saturated carbocycles. The fourth-order valence-electron chi connectivity index (χ4n) is 3.09. The predicted octanol–water partition coefficient (Wildman–Crippen LogP) is 2.20. The van der Waals surface area contributed by atoms with E-state index in [0.29, 0.717) is 6.04 Å². The zero-order valence-electron chi connectivity index (χ0n) is 11.8. The normalized spacial score (nSPS) is 20.3. The lowest BCUT2D eigenvalue weighted by Gasteiger charge is -2.24. The van der Waals surface area contributed by atoms with Gasteiger partial charge in [-0.15, -0.1) is 0 Å². The molecule has 1 unspecified atom stereocenters. The third kappa shape index (κ3) is 3.10. The molecule has 1 aromatic carbocycles. The van der Waals surface area contributed by atoms with Crippen LogP contribution in [-0.4, -0.2) is 37.2 Å². The molecule has 3 heteroatoms. The molecule has 0 amide bonds. The zero-order chi connectivity index (χ0) is 13.1. The van der Waals surface area contributed by atoms with Crippen LogP contribution in [0.15, 0.2) is 18.2 Å². The van der Waals surface area contributed by atoms with Gasteiger partial charge in [0.2, 0.25) is 0 Å². The maximum Gasteiger partial charge on any atom is 0.122 e. The van der Waals surface area contributed by atoms with Crippen LogP contribution in [0.2, 0.25) is 0 Å². The molecule has 1 saturated heterocycles. The Morgan fingerprint density at radius 2 is 2.16 bits per heavy atom. The Hall–Kier alpha value is -1.06. The molecule has 2 aliphatic heterocycles. The summed E-state index contributed by atoms with van der Waals surface area (Å²) in [6.45, 7) is 7.77. The van der Waals surface area contributed by atoms with Crippen molar-refractivity contribution in [2.45, 2.75) is 38.8 Å². The summed E-state index contributed by atoms with van der Waals surface area (Å²) in [5.74, 6) is 1.08. The highest BCUT2D eigenvalue weighted by molar-refractivity contribution is 5.39. The van der Waals surface area contributed by atoms with Crippen molar-refractivity contribution in [1.29, 1.82) is 0 Å². The number of fused-ring (bicyclic) bond motifs is 1. The van der Waals surface area contributed by atoms with Gasteiger partial charge in [-0.1, -0.05) is 12.1 Å². The van der Waals surface area contributed by atoms with Crippen LogP contribution >= 0.6 is 0 Å². The minimum absolute atomic E-state index is 0.653. The summed E-state index contributed by atoms with van der Waals surface area (Å²) in [5.41, 5.74) is 2.74. The second-order valence-electron chi connectivity index (χ2n) is 5.76. The second kappa shape index (κ2) is 5.93. The van der Waals surface area contributed by atoms with Crippen LogP contribution in [0.25, 0.3) is 0 Å². The van der Waals surface area contributed by atoms with Crippen LogP contribution in [0.3, 0.4) is 0 Å². The van der Waals surface area contributed by atoms with E-state index in [1.165, 1.54) is 37.1 Å². The largest absolute Gasteiger partial charge is 0.493 e. The molecule has 1 N–H and O–H groups in total. The Morgan fingerprint density at radius 3 is 3.00 bits per heavy atom. The van der Waals surface area contributed by atoms with E-state index in [-0.39, 0.29) is 0 Å². The van der Waals surface area contributed by atoms with Crippen molar-refractivity contribution in [2.75, 3.05) is 26.2 Å². The summed E-state index contributed by atoms with van der Waals surface area (Å²) in [5, 5.41) is 3.59. The average molecular weight is 260 g/mol. The second-order valence-corrected chi connectivity index (χ2v) is 5.76. The molecule has 1 fully saturated rings. The van der Waals surface area contributed by atoms with E-state index in [1.54, 1.807) is 0 Å². The molecule has 104 valence electrons. The summed E-state index contributed by atoms with van der Waals surface area (Å²) in [6, 6.07) is 7.23. The fraction of sp³-hybridized carbons (Fsp3) is 0.625. The van der Waals surface area contributed by atoms with Crippen LogP contribution in [0.1, 0.15) is 30.9 Å². The number of ether oxygens (including phenoxy) is 1. The van der Waals surface area contributed by atoms with Gasteiger partial charge in [-0.25, -0.2) is 0 Å². The molecule has 0 spiro atoms. The number of hydrogen-bond donors (Lipinski definition) is 1. The van der Waals surface area contributed by atoms with Gasteiger partial charge in [0.05, 0.1) is 6.61 Å². The molecule has 3 nitrogen and oxygen atoms in total. The highest BCUT2D eigenvalue weighted by Crippen LogP contribution is 2.25. The maximum absolute atomic E-state index is 5.54. The molecule has 0 bridgehead atoms. The first-order chi connectivity index (χ1) is 9.33. The average Bonchev–Trinajstić information content (AvgIpc) is 3.09. The Labute approximate surface area is 115 Å². The summed E-state index contributed by atoms with van der Waals surface area (Å²) >= 11 is 0. The van der Waals surface area contributed by atoms with Gasteiger partial charge < -0.3 is 10.1 Å². The zero-order valence-corrected chi connectivity index (χ0v) is 11.8. The maximum atomic E-state index is 5.54. The molecule has 0 aliphatic carbocycles. The topological polar surface area (TPSA) is 24.5 Å². The number of nitrogens with one attached hydrogen (secondary N) is 1. The van der Waals surface area contributed by atoms with Gasteiger partial charge in [-0.3, -0.25) is 4.90 Å². The van der Waals surface area contributed by atoms with E-state index in [0.717, 1.165) is 31.9 Å². The summed E-state index contributed by atoms with van der Waals surface area (Å²) in [7, 11) is 0. The van der Waals surface area contributed by atoms with E-state index in [2.05, 4.69) is 35.3 Å². The molecule has 1 aromatic rings. The molecule has 0 radical (unpaired) electrons. The number of rotatable bonds is 5. The minimum Gasteiger partial charge on any atom is -0.493 e. The van der Waals surface area contributed by atoms with Gasteiger partial charge in [-0.05, 0) is 50.0 Å². The lowest BCUT2D eigenvalue weighted by Crippen LogP contribution is -2.38. The Bertz CT molecular complexity index is 427. The molecule has 0 aromatic heterocycles. The van der Waals surface area contributed by atoms with E-state index >= 15 is 0 Å². The Balaban J connectivity index is 1.47. The van der Waals surface area contributed by atoms with Crippen molar-refractivity contribution in [3.05, 3.63) is 29.3 Å². The van der Waals surface area contributed by atoms with E-state index in [4.69, 9.17) is 4.74 Å². The summed E-state index contributed by atoms with van der Waals surface area (Å²) in [6.07, 6.45) is 3.80. The van der Waals surface area contributed by atoms with Crippen molar-refractivity contribution < 1.29 is 4.74 Å². The molecule has 2 heterocycles. The van der Waals surface area contributed by atoms with Crippen molar-refractivity contribution >= 4 is 0 Å². The van der Waals surface area contributed by atoms with Crippen LogP contribution < -0.4 is 10.1 Å². The van der Waals surface area contributed by atoms with Crippen molar-refractivity contribution in [2.24, 2.45) is 0 Å². The highest BCUT2D eigenvalue weighted by Gasteiger charge is 2.17. The number of benzene rings is 1. The van der Waals surface area contributed by atoms with Gasteiger partial charge in [0.1, 0.15) is 5.75 Å². The lowest BCUT2D eigenvalue weighted by molar-refractivity contribution is 0.251. The minimum atomic E-state index is 0.653. The van der Waals surface area contributed by atoms with Gasteiger partial charge in [0.25, 0.3) is 0 Å². The van der Waals surface area contributed by atoms with Gasteiger partial charge in [0, 0.05) is 25.6 Å². The monoisotopic (exact) mass is 260 g/mol. The van der Waals surface area contributed by atoms with Gasteiger partial charge >= 0.3 is 0 Å². The van der Waals surface area contributed by atoms with Crippen LogP contribution in [0.4, 0.5) is 0 Å². The SMILES string of the molecule is CC(CNCc1ccc2c(c1)CCO2)N1CCCC1. The van der Waals surface area contributed by atoms with E-state index in [9.17, 15) is 0 Å². The van der Waals surface area contributed by atoms with Gasteiger partial charge in [-0.2, -0.15) is 0 Å². The smallest absolute Gasteiger partial charge is 0.122 e. The van der Waals surface area contributed by atoms with E-state index < -0.39 is 0 Å². The quantitative estimate of drug-likeness (QED) is 0.878. The molecular weight excluding hydrogens is 236 g/mol. The first kappa shape index (κ1) is 12.9. The first-order valence-electron chi connectivity index (χ1n) is 7.52. The Kier molecular flexibility index (Phi) is 4.04. The van der Waals surface area contributed by atoms with E-state index in [1.807, 2.05) is 0 Å². The molecule has 1 atom stereocenters. The Morgan fingerprint density at radius 1 is 1.32 bits per heavy atom. The number of likely N-dealkylation sites (tertiary alicyclic amines) is 1. The first-order valence-corrected chi connectivity index (χ1v) is 7.52. The fourth-order valence-corrected chi connectivity index (χ4v) is 3.09. The predicted molar refractivity (Wildman–Crippen MR) is 77.6 cm³/mol. The van der Waals surface area contributed by atoms with Crippen molar-refractivity contribution in [3.8, 4) is 5.75 Å². The molecule has 3 rings (SSSR count). The van der Waals surface area contributed by atoms with Crippen molar-refractivity contribution in [1.82, 2.24) is 10.2 Å². The van der Waals surface area contributed by atoms with Crippen LogP contribution in [-0.2, 0) is 13.0 Å². The van der Waals surface area contributed by atoms with Crippen LogP contribution in [0.5, 0.6) is 5.75 Å². The number of nitrogens with zero attached hydrogens (tertiary/aromatic N) is 1. The highest BCUT2D eigenvalue weighted by atomic mass is 16.5. The molecule has 19 heavy (non-hydrogen) atoms. The summed E-state index contributed by atoms with van der Waals surface area (Å²) < 4.78 is 5.54. The summed E-state index contributed by atoms with van der Waals surface area (Å²) in [4.78, 5) is 2.59. The van der Waals surface area contributed by atoms with Crippen molar-refractivity contribution in [3.63, 3.8) is 0 Å². The molecular formula is C16H24N2O. The number of hydrogen-bond acceptors (Lipinski definition) is 3. The van der Waals surface area contributed by atoms with Crippen LogP contribution in [0, 0.1) is 0 Å². The third-order valence-electron chi connectivity index (χ3n) is 4.29. The third-order valence-corrected chi connectivity index (χ3v) is 4.29.